The summed E-state index contributed by atoms with van der Waals surface area (Å²) in [6.07, 6.45) is -0.697. The molecule has 0 radical (unpaired) electrons. The van der Waals surface area contributed by atoms with Crippen LogP contribution in [0, 0.1) is 0 Å². The first-order valence-corrected chi connectivity index (χ1v) is 12.0. The smallest absolute Gasteiger partial charge is 0.411 e. The van der Waals surface area contributed by atoms with Gasteiger partial charge >= 0.3 is 6.09 Å². The Labute approximate surface area is 202 Å². The van der Waals surface area contributed by atoms with Gasteiger partial charge in [0.25, 0.3) is 5.91 Å². The zero-order chi connectivity index (χ0) is 24.6. The van der Waals surface area contributed by atoms with E-state index in [1.54, 1.807) is 0 Å². The van der Waals surface area contributed by atoms with Crippen LogP contribution in [-0.2, 0) is 21.4 Å². The average Bonchev–Trinajstić information content (AvgIpc) is 2.82. The molecule has 3 rings (SSSR count). The molecule has 0 atom stereocenters. The summed E-state index contributed by atoms with van der Waals surface area (Å²) in [5, 5.41) is 5.44. The third kappa shape index (κ3) is 7.29. The Morgan fingerprint density at radius 3 is 2.29 bits per heavy atom. The lowest BCUT2D eigenvalue weighted by Crippen LogP contribution is -2.29. The number of nitrogens with two attached hydrogens (primary N) is 1. The van der Waals surface area contributed by atoms with Crippen LogP contribution in [0.4, 0.5) is 16.2 Å². The molecule has 0 heterocycles. The largest absolute Gasteiger partial charge is 0.444 e. The minimum absolute atomic E-state index is 0.0437. The molecule has 3 aromatic rings. The Morgan fingerprint density at radius 1 is 0.912 bits per heavy atom. The van der Waals surface area contributed by atoms with Crippen molar-refractivity contribution in [3.63, 3.8) is 0 Å². The zero-order valence-electron chi connectivity index (χ0n) is 18.0. The number of carbonyl (C=O) groups is 2. The average molecular weight is 503 g/mol. The lowest BCUT2D eigenvalue weighted by Gasteiger charge is -2.11. The molecule has 11 heteroatoms. The van der Waals surface area contributed by atoms with Gasteiger partial charge in [-0.3, -0.25) is 10.1 Å². The van der Waals surface area contributed by atoms with Crippen molar-refractivity contribution in [2.75, 3.05) is 23.7 Å². The quantitative estimate of drug-likeness (QED) is 0.352. The number of amides is 2. The maximum absolute atomic E-state index is 12.7. The van der Waals surface area contributed by atoms with Crippen LogP contribution >= 0.6 is 11.6 Å². The highest BCUT2D eigenvalue weighted by molar-refractivity contribution is 7.89. The second-order valence-electron chi connectivity index (χ2n) is 7.08. The number of anilines is 2. The molecule has 0 spiro atoms. The molecule has 0 bridgehead atoms. The third-order valence-electron chi connectivity index (χ3n) is 4.48. The minimum Gasteiger partial charge on any atom is -0.444 e. The first-order valence-electron chi connectivity index (χ1n) is 10.2. The van der Waals surface area contributed by atoms with Crippen molar-refractivity contribution in [2.24, 2.45) is 5.73 Å². The summed E-state index contributed by atoms with van der Waals surface area (Å²) in [6.45, 7) is 0.383. The van der Waals surface area contributed by atoms with Crippen molar-refractivity contribution in [2.45, 2.75) is 11.5 Å². The van der Waals surface area contributed by atoms with Crippen LogP contribution in [0.2, 0.25) is 5.02 Å². The monoisotopic (exact) mass is 502 g/mol. The van der Waals surface area contributed by atoms with Gasteiger partial charge in [0.2, 0.25) is 10.0 Å². The van der Waals surface area contributed by atoms with Gasteiger partial charge in [-0.25, -0.2) is 17.9 Å². The molecule has 178 valence electrons. The number of halogens is 1. The number of ether oxygens (including phenoxy) is 1. The molecule has 0 aliphatic rings. The van der Waals surface area contributed by atoms with Crippen LogP contribution < -0.4 is 21.1 Å². The molecule has 34 heavy (non-hydrogen) atoms. The molecule has 9 nitrogen and oxygen atoms in total. The predicted molar refractivity (Wildman–Crippen MR) is 130 cm³/mol. The van der Waals surface area contributed by atoms with E-state index in [1.807, 2.05) is 30.3 Å². The van der Waals surface area contributed by atoms with Crippen molar-refractivity contribution >= 4 is 45.0 Å². The molecular formula is C23H23ClN4O5S. The standard InChI is InChI=1S/C23H23ClN4O5S/c24-18-12-17(13-20(14-18)28-23(30)33-15-16-4-2-1-3-5-16)22(29)27-19-6-8-21(9-7-19)34(31,32)26-11-10-25/h1-9,12-14,26H,10-11,15,25H2,(H,27,29)(H,28,30). The maximum atomic E-state index is 12.7. The second-order valence-corrected chi connectivity index (χ2v) is 9.28. The topological polar surface area (TPSA) is 140 Å². The van der Waals surface area contributed by atoms with Gasteiger partial charge in [-0.05, 0) is 48.0 Å². The zero-order valence-corrected chi connectivity index (χ0v) is 19.5. The van der Waals surface area contributed by atoms with E-state index in [1.165, 1.54) is 42.5 Å². The number of benzene rings is 3. The number of hydrogen-bond acceptors (Lipinski definition) is 6. The number of carbonyl (C=O) groups excluding carboxylic acids is 2. The van der Waals surface area contributed by atoms with Crippen LogP contribution in [-0.4, -0.2) is 33.5 Å². The highest BCUT2D eigenvalue weighted by Crippen LogP contribution is 2.21. The fraction of sp³-hybridized carbons (Fsp3) is 0.130. The Morgan fingerprint density at radius 2 is 1.62 bits per heavy atom. The van der Waals surface area contributed by atoms with Gasteiger partial charge in [0.15, 0.2) is 0 Å². The molecule has 0 aromatic heterocycles. The fourth-order valence-electron chi connectivity index (χ4n) is 2.87. The number of nitrogens with one attached hydrogen (secondary N) is 3. The maximum Gasteiger partial charge on any atom is 0.411 e. The van der Waals surface area contributed by atoms with Crippen molar-refractivity contribution in [3.8, 4) is 0 Å². The van der Waals surface area contributed by atoms with Gasteiger partial charge in [0.1, 0.15) is 6.61 Å². The summed E-state index contributed by atoms with van der Waals surface area (Å²) in [4.78, 5) is 24.8. The Hall–Kier alpha value is -3.44. The molecule has 0 unspecified atom stereocenters. The Balaban J connectivity index is 1.63. The molecule has 0 fully saturated rings. The molecule has 0 aliphatic carbocycles. The molecule has 3 aromatic carbocycles. The van der Waals surface area contributed by atoms with E-state index in [-0.39, 0.29) is 40.9 Å². The van der Waals surface area contributed by atoms with Gasteiger partial charge in [0.05, 0.1) is 4.90 Å². The van der Waals surface area contributed by atoms with Gasteiger partial charge in [0, 0.05) is 35.1 Å². The highest BCUT2D eigenvalue weighted by Gasteiger charge is 2.14. The highest BCUT2D eigenvalue weighted by atomic mass is 35.5. The lowest BCUT2D eigenvalue weighted by molar-refractivity contribution is 0.102. The SMILES string of the molecule is NCCNS(=O)(=O)c1ccc(NC(=O)c2cc(Cl)cc(NC(=O)OCc3ccccc3)c2)cc1. The Bertz CT molecular complexity index is 1250. The first kappa shape index (κ1) is 25.2. The molecule has 0 aliphatic heterocycles. The van der Waals surface area contributed by atoms with E-state index in [0.717, 1.165) is 5.56 Å². The van der Waals surface area contributed by atoms with Gasteiger partial charge in [-0.2, -0.15) is 0 Å². The van der Waals surface area contributed by atoms with E-state index < -0.39 is 22.0 Å². The van der Waals surface area contributed by atoms with Crippen LogP contribution in [0.15, 0.2) is 77.7 Å². The summed E-state index contributed by atoms with van der Waals surface area (Å²) in [5.41, 5.74) is 6.99. The summed E-state index contributed by atoms with van der Waals surface area (Å²) < 4.78 is 31.8. The van der Waals surface area contributed by atoms with Crippen LogP contribution in [0.1, 0.15) is 15.9 Å². The predicted octanol–water partition coefficient (Wildman–Crippen LogP) is 3.58. The van der Waals surface area contributed by atoms with Gasteiger partial charge in [-0.1, -0.05) is 41.9 Å². The van der Waals surface area contributed by atoms with Crippen molar-refractivity contribution in [1.82, 2.24) is 4.72 Å². The van der Waals surface area contributed by atoms with E-state index in [4.69, 9.17) is 22.1 Å². The van der Waals surface area contributed by atoms with Crippen molar-refractivity contribution in [3.05, 3.63) is 88.9 Å². The van der Waals surface area contributed by atoms with Crippen molar-refractivity contribution in [1.29, 1.82) is 0 Å². The molecule has 5 N–H and O–H groups in total. The number of hydrogen-bond donors (Lipinski definition) is 4. The lowest BCUT2D eigenvalue weighted by atomic mass is 10.2. The fourth-order valence-corrected chi connectivity index (χ4v) is 4.15. The van der Waals surface area contributed by atoms with Gasteiger partial charge in [-0.15, -0.1) is 0 Å². The molecule has 0 saturated heterocycles. The van der Waals surface area contributed by atoms with Crippen LogP contribution in [0.3, 0.4) is 0 Å². The second kappa shape index (κ2) is 11.6. The van der Waals surface area contributed by atoms with E-state index in [0.29, 0.717) is 5.69 Å². The van der Waals surface area contributed by atoms with Crippen LogP contribution in [0.5, 0.6) is 0 Å². The van der Waals surface area contributed by atoms with E-state index >= 15 is 0 Å². The number of sulfonamides is 1. The molecular weight excluding hydrogens is 480 g/mol. The van der Waals surface area contributed by atoms with Crippen molar-refractivity contribution < 1.29 is 22.7 Å². The van der Waals surface area contributed by atoms with E-state index in [9.17, 15) is 18.0 Å². The Kier molecular flexibility index (Phi) is 8.61. The van der Waals surface area contributed by atoms with Crippen LogP contribution in [0.25, 0.3) is 0 Å². The van der Waals surface area contributed by atoms with E-state index in [2.05, 4.69) is 15.4 Å². The minimum atomic E-state index is -3.68. The number of rotatable bonds is 9. The summed E-state index contributed by atoms with van der Waals surface area (Å²) in [7, 11) is -3.68. The summed E-state index contributed by atoms with van der Waals surface area (Å²) in [5.74, 6) is -0.500. The first-order chi connectivity index (χ1) is 16.3. The van der Waals surface area contributed by atoms with Gasteiger partial charge < -0.3 is 15.8 Å². The third-order valence-corrected chi connectivity index (χ3v) is 6.17. The molecule has 0 saturated carbocycles. The summed E-state index contributed by atoms with van der Waals surface area (Å²) >= 11 is 6.11. The molecule has 2 amide bonds. The summed E-state index contributed by atoms with van der Waals surface area (Å²) in [6, 6.07) is 19.2. The normalized spacial score (nSPS) is 11.0.